The van der Waals surface area contributed by atoms with Crippen LogP contribution in [0, 0.1) is 15.5 Å². The summed E-state index contributed by atoms with van der Waals surface area (Å²) >= 11 is 15.4. The van der Waals surface area contributed by atoms with E-state index in [-0.39, 0.29) is 33.4 Å². The van der Waals surface area contributed by atoms with Crippen LogP contribution in [0.2, 0.25) is 5.02 Å². The second-order valence-electron chi connectivity index (χ2n) is 5.16. The Morgan fingerprint density at radius 3 is 2.75 bits per heavy atom. The van der Waals surface area contributed by atoms with Crippen LogP contribution in [0.25, 0.3) is 0 Å². The van der Waals surface area contributed by atoms with Crippen LogP contribution in [0.3, 0.4) is 0 Å². The molecule has 4 nitrogen and oxygen atoms in total. The van der Waals surface area contributed by atoms with Crippen molar-refractivity contribution in [3.63, 3.8) is 0 Å². The van der Waals surface area contributed by atoms with Crippen molar-refractivity contribution in [1.29, 1.82) is 0 Å². The van der Waals surface area contributed by atoms with Gasteiger partial charge in [0.1, 0.15) is 6.10 Å². The summed E-state index contributed by atoms with van der Waals surface area (Å²) in [5, 5.41) is 11.4. The van der Waals surface area contributed by atoms with Gasteiger partial charge in [0.05, 0.1) is 9.40 Å². The SMILES string of the molecule is CCC1(C)C(Cl)CC1Oc1c(Br)cc(Cl)cc1[N+](=O)[O-]. The zero-order valence-corrected chi connectivity index (χ0v) is 14.1. The monoisotopic (exact) mass is 381 g/mol. The highest BCUT2D eigenvalue weighted by molar-refractivity contribution is 9.10. The lowest BCUT2D eigenvalue weighted by molar-refractivity contribution is -0.386. The summed E-state index contributed by atoms with van der Waals surface area (Å²) in [5.41, 5.74) is -0.310. The van der Waals surface area contributed by atoms with Crippen molar-refractivity contribution < 1.29 is 9.66 Å². The first-order chi connectivity index (χ1) is 9.29. The number of hydrogen-bond donors (Lipinski definition) is 0. The van der Waals surface area contributed by atoms with Gasteiger partial charge in [0.2, 0.25) is 5.75 Å². The van der Waals surface area contributed by atoms with Crippen molar-refractivity contribution >= 4 is 44.8 Å². The largest absolute Gasteiger partial charge is 0.482 e. The molecule has 3 unspecified atom stereocenters. The van der Waals surface area contributed by atoms with Gasteiger partial charge in [0, 0.05) is 28.3 Å². The molecule has 0 N–H and O–H groups in total. The average Bonchev–Trinajstić information content (AvgIpc) is 2.38. The van der Waals surface area contributed by atoms with Crippen LogP contribution in [0.15, 0.2) is 16.6 Å². The van der Waals surface area contributed by atoms with E-state index < -0.39 is 4.92 Å². The number of hydrogen-bond acceptors (Lipinski definition) is 3. The molecular weight excluding hydrogens is 369 g/mol. The predicted octanol–water partition coefficient (Wildman–Crippen LogP) is 5.19. The highest BCUT2D eigenvalue weighted by atomic mass is 79.9. The molecule has 1 aromatic carbocycles. The number of rotatable bonds is 4. The molecule has 1 fully saturated rings. The van der Waals surface area contributed by atoms with Crippen LogP contribution < -0.4 is 4.74 Å². The Labute approximate surface area is 135 Å². The zero-order valence-electron chi connectivity index (χ0n) is 11.0. The lowest BCUT2D eigenvalue weighted by Crippen LogP contribution is -2.55. The topological polar surface area (TPSA) is 52.4 Å². The number of nitro groups is 1. The van der Waals surface area contributed by atoms with Gasteiger partial charge >= 0.3 is 5.69 Å². The Morgan fingerprint density at radius 1 is 1.60 bits per heavy atom. The molecule has 0 radical (unpaired) electrons. The van der Waals surface area contributed by atoms with E-state index in [1.165, 1.54) is 6.07 Å². The maximum atomic E-state index is 11.1. The van der Waals surface area contributed by atoms with Gasteiger partial charge in [0.25, 0.3) is 0 Å². The molecule has 0 heterocycles. The minimum absolute atomic E-state index is 0.0302. The minimum Gasteiger partial charge on any atom is -0.482 e. The number of nitro benzene ring substituents is 1. The first-order valence-corrected chi connectivity index (χ1v) is 7.84. The van der Waals surface area contributed by atoms with Gasteiger partial charge in [-0.25, -0.2) is 0 Å². The summed E-state index contributed by atoms with van der Waals surface area (Å²) in [6.07, 6.45) is 1.40. The van der Waals surface area contributed by atoms with Crippen molar-refractivity contribution in [2.45, 2.75) is 38.2 Å². The fraction of sp³-hybridized carbons (Fsp3) is 0.538. The third-order valence-corrected chi connectivity index (χ3v) is 5.56. The maximum absolute atomic E-state index is 11.1. The number of halogens is 3. The van der Waals surface area contributed by atoms with Crippen LogP contribution in [-0.2, 0) is 0 Å². The number of alkyl halides is 1. The highest BCUT2D eigenvalue weighted by Gasteiger charge is 2.52. The van der Waals surface area contributed by atoms with Gasteiger partial charge in [-0.3, -0.25) is 10.1 Å². The van der Waals surface area contributed by atoms with Gasteiger partial charge in [-0.05, 0) is 28.4 Å². The van der Waals surface area contributed by atoms with E-state index in [4.69, 9.17) is 27.9 Å². The maximum Gasteiger partial charge on any atom is 0.313 e. The van der Waals surface area contributed by atoms with E-state index in [1.54, 1.807) is 6.07 Å². The quantitative estimate of drug-likeness (QED) is 0.409. The first-order valence-electron chi connectivity index (χ1n) is 6.23. The molecule has 3 atom stereocenters. The fourth-order valence-electron chi connectivity index (χ4n) is 2.34. The predicted molar refractivity (Wildman–Crippen MR) is 82.9 cm³/mol. The van der Waals surface area contributed by atoms with Crippen molar-refractivity contribution in [1.82, 2.24) is 0 Å². The molecule has 1 saturated carbocycles. The smallest absolute Gasteiger partial charge is 0.313 e. The van der Waals surface area contributed by atoms with Crippen LogP contribution in [0.1, 0.15) is 26.7 Å². The van der Waals surface area contributed by atoms with Crippen LogP contribution in [-0.4, -0.2) is 16.4 Å². The van der Waals surface area contributed by atoms with Gasteiger partial charge in [0.15, 0.2) is 0 Å². The molecule has 1 aliphatic rings. The molecule has 20 heavy (non-hydrogen) atoms. The molecule has 0 amide bonds. The summed E-state index contributed by atoms with van der Waals surface area (Å²) in [5.74, 6) is 0.215. The van der Waals surface area contributed by atoms with Gasteiger partial charge < -0.3 is 4.74 Å². The van der Waals surface area contributed by atoms with E-state index in [1.807, 2.05) is 13.8 Å². The number of nitrogens with zero attached hydrogens (tertiary/aromatic N) is 1. The Morgan fingerprint density at radius 2 is 2.25 bits per heavy atom. The van der Waals surface area contributed by atoms with E-state index in [0.717, 1.165) is 6.42 Å². The molecule has 0 aliphatic heterocycles. The van der Waals surface area contributed by atoms with Gasteiger partial charge in [-0.1, -0.05) is 25.4 Å². The molecule has 110 valence electrons. The summed E-state index contributed by atoms with van der Waals surface area (Å²) in [4.78, 5) is 10.6. The van der Waals surface area contributed by atoms with E-state index >= 15 is 0 Å². The summed E-state index contributed by atoms with van der Waals surface area (Å²) in [7, 11) is 0. The summed E-state index contributed by atoms with van der Waals surface area (Å²) in [6.45, 7) is 4.07. The Hall–Kier alpha value is -0.520. The van der Waals surface area contributed by atoms with Crippen LogP contribution in [0.5, 0.6) is 5.75 Å². The number of benzene rings is 1. The molecular formula is C13H14BrCl2NO3. The Bertz CT molecular complexity index is 555. The van der Waals surface area contributed by atoms with Crippen LogP contribution >= 0.6 is 39.1 Å². The summed E-state index contributed by atoms with van der Waals surface area (Å²) < 4.78 is 6.35. The molecule has 0 aromatic heterocycles. The van der Waals surface area contributed by atoms with Gasteiger partial charge in [-0.2, -0.15) is 0 Å². The normalized spacial score (nSPS) is 28.9. The molecule has 7 heteroatoms. The molecule has 0 saturated heterocycles. The van der Waals surface area contributed by atoms with Crippen molar-refractivity contribution in [3.8, 4) is 5.75 Å². The average molecular weight is 383 g/mol. The fourth-order valence-corrected chi connectivity index (χ4v) is 3.68. The molecule has 1 aromatic rings. The van der Waals surface area contributed by atoms with Crippen molar-refractivity contribution in [2.24, 2.45) is 5.41 Å². The van der Waals surface area contributed by atoms with Crippen LogP contribution in [0.4, 0.5) is 5.69 Å². The molecule has 0 spiro atoms. The van der Waals surface area contributed by atoms with E-state index in [0.29, 0.717) is 10.9 Å². The third-order valence-electron chi connectivity index (χ3n) is 4.08. The lowest BCUT2D eigenvalue weighted by Gasteiger charge is -2.50. The summed E-state index contributed by atoms with van der Waals surface area (Å²) in [6, 6.07) is 2.88. The van der Waals surface area contributed by atoms with E-state index in [2.05, 4.69) is 15.9 Å². The van der Waals surface area contributed by atoms with Gasteiger partial charge in [-0.15, -0.1) is 11.6 Å². The zero-order chi connectivity index (χ0) is 15.1. The van der Waals surface area contributed by atoms with Crippen molar-refractivity contribution in [3.05, 3.63) is 31.7 Å². The standard InChI is InChI=1S/C13H14BrCl2NO3/c1-3-13(2)10(16)6-11(13)20-12-8(14)4-7(15)5-9(12)17(18)19/h4-5,10-11H,3,6H2,1-2H3. The second-order valence-corrected chi connectivity index (χ2v) is 6.98. The Kier molecular flexibility index (Phi) is 4.52. The first kappa shape index (κ1) is 15.9. The minimum atomic E-state index is -0.494. The lowest BCUT2D eigenvalue weighted by atomic mass is 9.65. The Balaban J connectivity index is 2.33. The highest BCUT2D eigenvalue weighted by Crippen LogP contribution is 2.51. The third kappa shape index (κ3) is 2.63. The molecule has 2 rings (SSSR count). The number of ether oxygens (including phenoxy) is 1. The van der Waals surface area contributed by atoms with Crippen molar-refractivity contribution in [2.75, 3.05) is 0 Å². The molecule has 0 bridgehead atoms. The molecule has 1 aliphatic carbocycles. The van der Waals surface area contributed by atoms with E-state index in [9.17, 15) is 10.1 Å². The second kappa shape index (κ2) is 5.70.